The summed E-state index contributed by atoms with van der Waals surface area (Å²) < 4.78 is 9.95. The number of carbonyl (C=O) groups excluding carboxylic acids is 4. The van der Waals surface area contributed by atoms with Crippen LogP contribution in [0, 0.1) is 0 Å². The quantitative estimate of drug-likeness (QED) is 0.318. The van der Waals surface area contributed by atoms with Crippen LogP contribution in [-0.2, 0) is 35.1 Å². The Bertz CT molecular complexity index is 1370. The van der Waals surface area contributed by atoms with E-state index in [0.717, 1.165) is 33.4 Å². The first-order valence-corrected chi connectivity index (χ1v) is 12.4. The minimum absolute atomic E-state index is 0.193. The number of hydrogen-bond acceptors (Lipinski definition) is 7. The van der Waals surface area contributed by atoms with Gasteiger partial charge in [0.25, 0.3) is 0 Å². The number of fused-ring (bicyclic) bond motifs is 2. The van der Waals surface area contributed by atoms with Gasteiger partial charge in [-0.25, -0.2) is 9.59 Å². The highest BCUT2D eigenvalue weighted by Crippen LogP contribution is 2.48. The van der Waals surface area contributed by atoms with Gasteiger partial charge in [-0.05, 0) is 29.7 Å². The van der Waals surface area contributed by atoms with Crippen molar-refractivity contribution >= 4 is 40.3 Å². The maximum Gasteiger partial charge on any atom is 0.328 e. The zero-order valence-corrected chi connectivity index (χ0v) is 21.8. The number of ether oxygens (including phenoxy) is 2. The van der Waals surface area contributed by atoms with Crippen LogP contribution >= 0.6 is 0 Å². The summed E-state index contributed by atoms with van der Waals surface area (Å²) in [5.41, 5.74) is 4.43. The van der Waals surface area contributed by atoms with Gasteiger partial charge in [-0.3, -0.25) is 9.59 Å². The van der Waals surface area contributed by atoms with Gasteiger partial charge in [0.2, 0.25) is 11.8 Å². The van der Waals surface area contributed by atoms with Crippen LogP contribution in [0.25, 0.3) is 10.9 Å². The average Bonchev–Trinajstić information content (AvgIpc) is 3.44. The van der Waals surface area contributed by atoms with Crippen molar-refractivity contribution in [2.75, 3.05) is 19.5 Å². The van der Waals surface area contributed by atoms with Gasteiger partial charge in [-0.15, -0.1) is 0 Å². The number of amides is 2. The first-order valence-electron chi connectivity index (χ1n) is 12.4. The second kappa shape index (κ2) is 11.4. The molecule has 0 radical (unpaired) electrons. The monoisotopic (exact) mass is 520 g/mol. The smallest absolute Gasteiger partial charge is 0.328 e. The van der Waals surface area contributed by atoms with Crippen molar-refractivity contribution in [1.29, 1.82) is 0 Å². The summed E-state index contributed by atoms with van der Waals surface area (Å²) in [6.45, 7) is 2.71. The zero-order valence-electron chi connectivity index (χ0n) is 21.8. The van der Waals surface area contributed by atoms with Crippen molar-refractivity contribution in [3.8, 4) is 0 Å². The number of nitrogens with one attached hydrogen (secondary N) is 4. The molecule has 0 aliphatic carbocycles. The van der Waals surface area contributed by atoms with Crippen molar-refractivity contribution in [1.82, 2.24) is 15.6 Å². The van der Waals surface area contributed by atoms with Crippen LogP contribution in [0.4, 0.5) is 5.69 Å². The first-order chi connectivity index (χ1) is 18.2. The van der Waals surface area contributed by atoms with Crippen LogP contribution in [0.3, 0.4) is 0 Å². The fraction of sp³-hybridized carbons (Fsp3) is 0.357. The number of hydrogen-bond donors (Lipinski definition) is 4. The van der Waals surface area contributed by atoms with Gasteiger partial charge in [0.15, 0.2) is 0 Å². The molecule has 200 valence electrons. The summed E-state index contributed by atoms with van der Waals surface area (Å²) in [4.78, 5) is 52.5. The minimum atomic E-state index is -0.889. The van der Waals surface area contributed by atoms with Crippen LogP contribution in [0.15, 0.2) is 48.5 Å². The summed E-state index contributed by atoms with van der Waals surface area (Å²) in [6.07, 6.45) is 0.473. The zero-order chi connectivity index (χ0) is 27.4. The fourth-order valence-corrected chi connectivity index (χ4v) is 5.28. The lowest BCUT2D eigenvalue weighted by Crippen LogP contribution is -2.42. The molecule has 0 fully saturated rings. The predicted octanol–water partition coefficient (Wildman–Crippen LogP) is 2.71. The normalized spacial score (nSPS) is 17.6. The Hall–Kier alpha value is -4.34. The van der Waals surface area contributed by atoms with Crippen molar-refractivity contribution in [2.45, 2.75) is 50.7 Å². The second-order valence-corrected chi connectivity index (χ2v) is 9.37. The maximum atomic E-state index is 12.6. The number of methoxy groups -OCH3 is 2. The van der Waals surface area contributed by atoms with Crippen LogP contribution in [0.1, 0.15) is 49.0 Å². The molecule has 2 amide bonds. The van der Waals surface area contributed by atoms with Crippen molar-refractivity contribution in [2.24, 2.45) is 0 Å². The van der Waals surface area contributed by atoms with Crippen molar-refractivity contribution in [3.05, 3.63) is 65.4 Å². The molecule has 4 N–H and O–H groups in total. The molecule has 1 aliphatic rings. The molecule has 2 aromatic carbocycles. The van der Waals surface area contributed by atoms with Gasteiger partial charge in [0.1, 0.15) is 12.1 Å². The molecule has 10 nitrogen and oxygen atoms in total. The Morgan fingerprint density at radius 1 is 0.868 bits per heavy atom. The number of esters is 2. The van der Waals surface area contributed by atoms with E-state index in [4.69, 9.17) is 9.47 Å². The van der Waals surface area contributed by atoms with Gasteiger partial charge < -0.3 is 30.4 Å². The summed E-state index contributed by atoms with van der Waals surface area (Å²) in [5.74, 6) is -1.99. The minimum Gasteiger partial charge on any atom is -0.467 e. The van der Waals surface area contributed by atoms with Gasteiger partial charge >= 0.3 is 11.9 Å². The van der Waals surface area contributed by atoms with Gasteiger partial charge in [-0.1, -0.05) is 36.4 Å². The summed E-state index contributed by atoms with van der Waals surface area (Å²) in [5, 5.41) is 9.90. The number of anilines is 1. The lowest BCUT2D eigenvalue weighted by molar-refractivity contribution is -0.145. The lowest BCUT2D eigenvalue weighted by Gasteiger charge is -2.26. The molecule has 4 rings (SSSR count). The number of aromatic amines is 1. The highest BCUT2D eigenvalue weighted by Gasteiger charge is 2.39. The SMILES string of the molecule is COC(=O)[C@H](Cc1c([C@@H]2Nc3ccccc3[C@H]2C[C@H](NC(C)=O)C(=O)OC)[nH]c2ccccc12)NC(C)=O. The molecule has 3 aromatic rings. The average molecular weight is 521 g/mol. The Kier molecular flexibility index (Phi) is 7.99. The summed E-state index contributed by atoms with van der Waals surface area (Å²) in [7, 11) is 2.58. The molecule has 0 saturated heterocycles. The molecule has 1 aromatic heterocycles. The number of aromatic nitrogens is 1. The topological polar surface area (TPSA) is 139 Å². The third-order valence-electron chi connectivity index (χ3n) is 6.86. The highest BCUT2D eigenvalue weighted by molar-refractivity contribution is 5.88. The standard InChI is InChI=1S/C28H32N4O6/c1-15(33)29-23(27(35)37-3)13-19-17-9-5-7-11-21(17)31-25(19)26-20(18-10-6-8-12-22(18)32-26)14-24(28(36)38-4)30-16(2)34/h5-12,19,23-25,31-32H,13-14H2,1-4H3,(H,29,33)(H,30,34)/t19-,23+,24+,25-/m1/s1. The molecule has 1 aliphatic heterocycles. The van der Waals surface area contributed by atoms with E-state index >= 15 is 0 Å². The third kappa shape index (κ3) is 5.49. The van der Waals surface area contributed by atoms with E-state index in [-0.39, 0.29) is 36.6 Å². The molecule has 38 heavy (non-hydrogen) atoms. The molecule has 0 bridgehead atoms. The van der Waals surface area contributed by atoms with Crippen molar-refractivity contribution < 1.29 is 28.7 Å². The van der Waals surface area contributed by atoms with Gasteiger partial charge in [-0.2, -0.15) is 0 Å². The number of para-hydroxylation sites is 2. The van der Waals surface area contributed by atoms with Gasteiger partial charge in [0.05, 0.1) is 20.3 Å². The number of rotatable bonds is 9. The van der Waals surface area contributed by atoms with E-state index in [1.54, 1.807) is 0 Å². The van der Waals surface area contributed by atoms with Crippen LogP contribution in [0.5, 0.6) is 0 Å². The van der Waals surface area contributed by atoms with Gasteiger partial charge in [0, 0.05) is 48.5 Å². The van der Waals surface area contributed by atoms with E-state index < -0.39 is 24.0 Å². The lowest BCUT2D eigenvalue weighted by atomic mass is 9.85. The number of H-pyrrole nitrogens is 1. The Morgan fingerprint density at radius 2 is 1.47 bits per heavy atom. The Balaban J connectivity index is 1.81. The van der Waals surface area contributed by atoms with E-state index in [2.05, 4.69) is 20.9 Å². The van der Waals surface area contributed by atoms with E-state index in [1.807, 2.05) is 48.5 Å². The largest absolute Gasteiger partial charge is 0.467 e. The summed E-state index contributed by atoms with van der Waals surface area (Å²) >= 11 is 0. The van der Waals surface area contributed by atoms with E-state index in [1.165, 1.54) is 28.1 Å². The van der Waals surface area contributed by atoms with Crippen LogP contribution < -0.4 is 16.0 Å². The second-order valence-electron chi connectivity index (χ2n) is 9.37. The van der Waals surface area contributed by atoms with E-state index in [9.17, 15) is 19.2 Å². The Labute approximate surface area is 220 Å². The molecule has 4 atom stereocenters. The first kappa shape index (κ1) is 26.7. The van der Waals surface area contributed by atoms with Crippen LogP contribution in [0.2, 0.25) is 0 Å². The molecule has 10 heteroatoms. The molecular formula is C28H32N4O6. The Morgan fingerprint density at radius 3 is 2.16 bits per heavy atom. The molecule has 0 saturated carbocycles. The van der Waals surface area contributed by atoms with E-state index in [0.29, 0.717) is 0 Å². The molecule has 2 heterocycles. The summed E-state index contributed by atoms with van der Waals surface area (Å²) in [6, 6.07) is 13.5. The molecular weight excluding hydrogens is 488 g/mol. The van der Waals surface area contributed by atoms with Crippen LogP contribution in [-0.4, -0.2) is 55.0 Å². The fourth-order valence-electron chi connectivity index (χ4n) is 5.28. The number of carbonyl (C=O) groups is 4. The predicted molar refractivity (Wildman–Crippen MR) is 141 cm³/mol. The highest BCUT2D eigenvalue weighted by atomic mass is 16.5. The molecule has 0 unspecified atom stereocenters. The maximum absolute atomic E-state index is 12.6. The third-order valence-corrected chi connectivity index (χ3v) is 6.86. The molecule has 0 spiro atoms. The number of benzene rings is 2. The van der Waals surface area contributed by atoms with Crippen molar-refractivity contribution in [3.63, 3.8) is 0 Å².